The number of methoxy groups -OCH3 is 2. The molecule has 4 rings (SSSR count). The molecule has 0 atom stereocenters. The van der Waals surface area contributed by atoms with Crippen LogP contribution in [-0.2, 0) is 6.54 Å². The number of rotatable bonds is 5. The van der Waals surface area contributed by atoms with Gasteiger partial charge in [0.25, 0.3) is 5.91 Å². The average molecular weight is 405 g/mol. The fourth-order valence-electron chi connectivity index (χ4n) is 4.13. The molecule has 0 aromatic heterocycles. The van der Waals surface area contributed by atoms with Crippen LogP contribution in [0.2, 0.25) is 0 Å². The van der Waals surface area contributed by atoms with E-state index < -0.39 is 0 Å². The molecule has 1 aliphatic rings. The van der Waals surface area contributed by atoms with Gasteiger partial charge >= 0.3 is 0 Å². The lowest BCUT2D eigenvalue weighted by molar-refractivity contribution is 0.0763. The molecule has 1 amide bonds. The van der Waals surface area contributed by atoms with Crippen LogP contribution < -0.4 is 9.47 Å². The van der Waals surface area contributed by atoms with Crippen molar-refractivity contribution in [2.45, 2.75) is 13.0 Å². The van der Waals surface area contributed by atoms with Crippen LogP contribution in [0, 0.1) is 0 Å². The first-order valence-electron chi connectivity index (χ1n) is 10.4. The second kappa shape index (κ2) is 9.18. The van der Waals surface area contributed by atoms with Crippen molar-refractivity contribution in [3.05, 3.63) is 71.8 Å². The third-order valence-electron chi connectivity index (χ3n) is 5.78. The highest BCUT2D eigenvalue weighted by molar-refractivity contribution is 6.08. The maximum absolute atomic E-state index is 13.4. The molecule has 156 valence electrons. The zero-order valence-electron chi connectivity index (χ0n) is 17.6. The molecule has 1 saturated heterocycles. The first-order valence-corrected chi connectivity index (χ1v) is 10.4. The minimum Gasteiger partial charge on any atom is -0.497 e. The van der Waals surface area contributed by atoms with Crippen LogP contribution >= 0.6 is 0 Å². The lowest BCUT2D eigenvalue weighted by Gasteiger charge is -2.23. The summed E-state index contributed by atoms with van der Waals surface area (Å²) in [5.41, 5.74) is 2.01. The Balaban J connectivity index is 1.47. The van der Waals surface area contributed by atoms with Crippen molar-refractivity contribution in [3.63, 3.8) is 0 Å². The van der Waals surface area contributed by atoms with E-state index in [0.29, 0.717) is 0 Å². The summed E-state index contributed by atoms with van der Waals surface area (Å²) in [6.45, 7) is 4.25. The van der Waals surface area contributed by atoms with Crippen molar-refractivity contribution in [2.24, 2.45) is 0 Å². The Morgan fingerprint density at radius 1 is 0.833 bits per heavy atom. The monoisotopic (exact) mass is 404 g/mol. The van der Waals surface area contributed by atoms with E-state index in [1.807, 2.05) is 53.4 Å². The standard InChI is InChI=1S/C25H28N2O3/c1-29-20-10-8-19(9-11-20)18-26-14-5-15-27(17-16-26)25(28)23-12-13-24(30-2)22-7-4-3-6-21(22)23/h3-4,6-13H,5,14-18H2,1-2H3. The van der Waals surface area contributed by atoms with Gasteiger partial charge in [-0.05, 0) is 41.6 Å². The van der Waals surface area contributed by atoms with Crippen LogP contribution in [0.4, 0.5) is 0 Å². The first kappa shape index (κ1) is 20.2. The smallest absolute Gasteiger partial charge is 0.254 e. The van der Waals surface area contributed by atoms with Crippen molar-refractivity contribution in [1.29, 1.82) is 0 Å². The molecule has 5 heteroatoms. The first-order chi connectivity index (χ1) is 14.7. The summed E-state index contributed by atoms with van der Waals surface area (Å²) in [6.07, 6.45) is 0.968. The summed E-state index contributed by atoms with van der Waals surface area (Å²) < 4.78 is 10.7. The van der Waals surface area contributed by atoms with E-state index in [2.05, 4.69) is 17.0 Å². The normalized spacial score (nSPS) is 15.1. The second-order valence-electron chi connectivity index (χ2n) is 7.63. The van der Waals surface area contributed by atoms with E-state index in [9.17, 15) is 4.79 Å². The van der Waals surface area contributed by atoms with E-state index in [1.54, 1.807) is 14.2 Å². The minimum atomic E-state index is 0.0974. The molecule has 0 bridgehead atoms. The van der Waals surface area contributed by atoms with Crippen LogP contribution in [0.3, 0.4) is 0 Å². The molecule has 0 unspecified atom stereocenters. The van der Waals surface area contributed by atoms with Gasteiger partial charge in [0.1, 0.15) is 11.5 Å². The van der Waals surface area contributed by atoms with Crippen LogP contribution in [-0.4, -0.2) is 56.1 Å². The van der Waals surface area contributed by atoms with Crippen molar-refractivity contribution in [2.75, 3.05) is 40.4 Å². The predicted octanol–water partition coefficient (Wildman–Crippen LogP) is 4.21. The van der Waals surface area contributed by atoms with E-state index in [4.69, 9.17) is 9.47 Å². The average Bonchev–Trinajstić information content (AvgIpc) is 3.04. The molecule has 0 radical (unpaired) electrons. The van der Waals surface area contributed by atoms with E-state index in [-0.39, 0.29) is 5.91 Å². The van der Waals surface area contributed by atoms with Gasteiger partial charge in [-0.15, -0.1) is 0 Å². The van der Waals surface area contributed by atoms with Gasteiger partial charge in [0, 0.05) is 43.7 Å². The molecule has 3 aromatic carbocycles. The third-order valence-corrected chi connectivity index (χ3v) is 5.78. The molecule has 1 heterocycles. The molecule has 0 spiro atoms. The Bertz CT molecular complexity index is 1020. The fraction of sp³-hybridized carbons (Fsp3) is 0.320. The molecule has 0 saturated carbocycles. The Morgan fingerprint density at radius 3 is 2.33 bits per heavy atom. The van der Waals surface area contributed by atoms with Crippen molar-refractivity contribution in [3.8, 4) is 11.5 Å². The highest BCUT2D eigenvalue weighted by Gasteiger charge is 2.22. The van der Waals surface area contributed by atoms with Gasteiger partial charge in [-0.1, -0.05) is 36.4 Å². The zero-order valence-corrected chi connectivity index (χ0v) is 17.6. The number of amides is 1. The largest absolute Gasteiger partial charge is 0.497 e. The Morgan fingerprint density at radius 2 is 1.60 bits per heavy atom. The Hall–Kier alpha value is -3.05. The van der Waals surface area contributed by atoms with Gasteiger partial charge < -0.3 is 14.4 Å². The molecule has 0 aliphatic carbocycles. The quantitative estimate of drug-likeness (QED) is 0.639. The molecular formula is C25H28N2O3. The van der Waals surface area contributed by atoms with Gasteiger partial charge in [-0.25, -0.2) is 0 Å². The number of hydrogen-bond donors (Lipinski definition) is 0. The number of ether oxygens (including phenoxy) is 2. The van der Waals surface area contributed by atoms with Crippen LogP contribution in [0.1, 0.15) is 22.3 Å². The number of carbonyl (C=O) groups is 1. The summed E-state index contributed by atoms with van der Waals surface area (Å²) in [5, 5.41) is 1.92. The predicted molar refractivity (Wildman–Crippen MR) is 119 cm³/mol. The van der Waals surface area contributed by atoms with Crippen LogP contribution in [0.15, 0.2) is 60.7 Å². The topological polar surface area (TPSA) is 42.0 Å². The highest BCUT2D eigenvalue weighted by Crippen LogP contribution is 2.29. The third kappa shape index (κ3) is 4.26. The number of benzene rings is 3. The summed E-state index contributed by atoms with van der Waals surface area (Å²) in [5.74, 6) is 1.77. The SMILES string of the molecule is COc1ccc(CN2CCCN(C(=O)c3ccc(OC)c4ccccc34)CC2)cc1. The number of hydrogen-bond acceptors (Lipinski definition) is 4. The molecular weight excluding hydrogens is 376 g/mol. The van der Waals surface area contributed by atoms with Gasteiger partial charge in [0.15, 0.2) is 0 Å². The number of fused-ring (bicyclic) bond motifs is 1. The molecule has 1 fully saturated rings. The molecule has 3 aromatic rings. The summed E-state index contributed by atoms with van der Waals surface area (Å²) in [4.78, 5) is 17.8. The zero-order chi connectivity index (χ0) is 20.9. The summed E-state index contributed by atoms with van der Waals surface area (Å²) >= 11 is 0. The maximum Gasteiger partial charge on any atom is 0.254 e. The van der Waals surface area contributed by atoms with E-state index >= 15 is 0 Å². The van der Waals surface area contributed by atoms with Crippen LogP contribution in [0.25, 0.3) is 10.8 Å². The minimum absolute atomic E-state index is 0.0974. The van der Waals surface area contributed by atoms with Gasteiger partial charge in [0.2, 0.25) is 0 Å². The summed E-state index contributed by atoms with van der Waals surface area (Å²) in [7, 11) is 3.34. The maximum atomic E-state index is 13.4. The van der Waals surface area contributed by atoms with Crippen molar-refractivity contribution < 1.29 is 14.3 Å². The molecule has 5 nitrogen and oxygen atoms in total. The van der Waals surface area contributed by atoms with Gasteiger partial charge in [-0.2, -0.15) is 0 Å². The van der Waals surface area contributed by atoms with Gasteiger partial charge in [-0.3, -0.25) is 9.69 Å². The summed E-state index contributed by atoms with van der Waals surface area (Å²) in [6, 6.07) is 19.9. The number of carbonyl (C=O) groups excluding carboxylic acids is 1. The van der Waals surface area contributed by atoms with E-state index in [0.717, 1.165) is 67.0 Å². The lowest BCUT2D eigenvalue weighted by atomic mass is 10.0. The highest BCUT2D eigenvalue weighted by atomic mass is 16.5. The fourth-order valence-corrected chi connectivity index (χ4v) is 4.13. The van der Waals surface area contributed by atoms with E-state index in [1.165, 1.54) is 5.56 Å². The molecule has 0 N–H and O–H groups in total. The lowest BCUT2D eigenvalue weighted by Crippen LogP contribution is -2.35. The molecule has 30 heavy (non-hydrogen) atoms. The Labute approximate surface area is 177 Å². The Kier molecular flexibility index (Phi) is 6.19. The van der Waals surface area contributed by atoms with Gasteiger partial charge in [0.05, 0.1) is 14.2 Å². The van der Waals surface area contributed by atoms with Crippen molar-refractivity contribution in [1.82, 2.24) is 9.80 Å². The number of nitrogens with zero attached hydrogens (tertiary/aromatic N) is 2. The second-order valence-corrected chi connectivity index (χ2v) is 7.63. The molecule has 1 aliphatic heterocycles. The van der Waals surface area contributed by atoms with Crippen LogP contribution in [0.5, 0.6) is 11.5 Å². The van der Waals surface area contributed by atoms with Crippen molar-refractivity contribution >= 4 is 16.7 Å².